The lowest BCUT2D eigenvalue weighted by Gasteiger charge is -2.37. The van der Waals surface area contributed by atoms with Crippen molar-refractivity contribution in [3.8, 4) is 5.75 Å². The van der Waals surface area contributed by atoms with Crippen LogP contribution in [-0.2, 0) is 14.8 Å². The molecule has 0 saturated carbocycles. The molecule has 7 heteroatoms. The van der Waals surface area contributed by atoms with E-state index in [1.807, 2.05) is 38.1 Å². The Hall–Kier alpha value is -1.60. The Labute approximate surface area is 159 Å². The number of sulfonamides is 1. The van der Waals surface area contributed by atoms with Crippen LogP contribution in [-0.4, -0.2) is 39.0 Å². The lowest BCUT2D eigenvalue weighted by atomic mass is 10.1. The van der Waals surface area contributed by atoms with Gasteiger partial charge in [0, 0.05) is 12.6 Å². The van der Waals surface area contributed by atoms with Crippen molar-refractivity contribution in [2.45, 2.75) is 30.9 Å². The Morgan fingerprint density at radius 2 is 1.88 bits per heavy atom. The van der Waals surface area contributed by atoms with E-state index in [1.54, 1.807) is 6.07 Å². The summed E-state index contributed by atoms with van der Waals surface area (Å²) in [5.74, 6) is 0.443. The zero-order valence-electron chi connectivity index (χ0n) is 15.0. The van der Waals surface area contributed by atoms with Crippen molar-refractivity contribution in [1.29, 1.82) is 0 Å². The van der Waals surface area contributed by atoms with Crippen molar-refractivity contribution in [2.24, 2.45) is 0 Å². The third kappa shape index (κ3) is 3.74. The highest BCUT2D eigenvalue weighted by Gasteiger charge is 2.36. The summed E-state index contributed by atoms with van der Waals surface area (Å²) in [4.78, 5) is 0.153. The number of halogens is 1. The van der Waals surface area contributed by atoms with Gasteiger partial charge in [-0.3, -0.25) is 0 Å². The first-order valence-corrected chi connectivity index (χ1v) is 10.2. The lowest BCUT2D eigenvalue weighted by molar-refractivity contribution is -0.0288. The van der Waals surface area contributed by atoms with E-state index in [9.17, 15) is 8.42 Å². The fourth-order valence-electron chi connectivity index (χ4n) is 3.00. The number of methoxy groups -OCH3 is 1. The fourth-order valence-corrected chi connectivity index (χ4v) is 4.96. The third-order valence-corrected chi connectivity index (χ3v) is 6.83. The number of rotatable bonds is 4. The SMILES string of the molecule is COc1ccc(S(=O)(=O)N2CC(c3ccc(C)cc3)OCC2C)cc1Cl. The summed E-state index contributed by atoms with van der Waals surface area (Å²) in [7, 11) is -2.20. The molecule has 5 nitrogen and oxygen atoms in total. The smallest absolute Gasteiger partial charge is 0.243 e. The van der Waals surface area contributed by atoms with Crippen LogP contribution in [0.1, 0.15) is 24.2 Å². The maximum absolute atomic E-state index is 13.2. The summed E-state index contributed by atoms with van der Waals surface area (Å²) < 4.78 is 38.8. The highest BCUT2D eigenvalue weighted by atomic mass is 35.5. The van der Waals surface area contributed by atoms with Crippen molar-refractivity contribution in [3.63, 3.8) is 0 Å². The van der Waals surface area contributed by atoms with Gasteiger partial charge in [-0.25, -0.2) is 8.42 Å². The van der Waals surface area contributed by atoms with Gasteiger partial charge in [0.2, 0.25) is 10.0 Å². The summed E-state index contributed by atoms with van der Waals surface area (Å²) in [5.41, 5.74) is 2.12. The minimum absolute atomic E-state index is 0.153. The molecule has 1 saturated heterocycles. The Balaban J connectivity index is 1.90. The van der Waals surface area contributed by atoms with E-state index in [1.165, 1.54) is 23.5 Å². The lowest BCUT2D eigenvalue weighted by Crippen LogP contribution is -2.48. The van der Waals surface area contributed by atoms with E-state index in [0.29, 0.717) is 12.4 Å². The van der Waals surface area contributed by atoms with Gasteiger partial charge in [0.15, 0.2) is 0 Å². The van der Waals surface area contributed by atoms with Gasteiger partial charge in [0.05, 0.1) is 29.7 Å². The highest BCUT2D eigenvalue weighted by Crippen LogP contribution is 2.32. The molecular weight excluding hydrogens is 374 g/mol. The first-order valence-electron chi connectivity index (χ1n) is 8.36. The summed E-state index contributed by atoms with van der Waals surface area (Å²) in [5, 5.41) is 0.268. The predicted molar refractivity (Wildman–Crippen MR) is 101 cm³/mol. The number of ether oxygens (including phenoxy) is 2. The number of nitrogens with zero attached hydrogens (tertiary/aromatic N) is 1. The Morgan fingerprint density at radius 3 is 2.50 bits per heavy atom. The third-order valence-electron chi connectivity index (χ3n) is 4.55. The second kappa shape index (κ2) is 7.56. The van der Waals surface area contributed by atoms with Crippen molar-refractivity contribution in [2.75, 3.05) is 20.3 Å². The van der Waals surface area contributed by atoms with Crippen LogP contribution in [0.3, 0.4) is 0 Å². The molecule has 2 unspecified atom stereocenters. The second-order valence-corrected chi connectivity index (χ2v) is 8.75. The van der Waals surface area contributed by atoms with Crippen LogP contribution >= 0.6 is 11.6 Å². The van der Waals surface area contributed by atoms with Crippen LogP contribution in [0.5, 0.6) is 5.75 Å². The summed E-state index contributed by atoms with van der Waals surface area (Å²) >= 11 is 6.12. The molecule has 26 heavy (non-hydrogen) atoms. The van der Waals surface area contributed by atoms with Gasteiger partial charge in [-0.05, 0) is 37.6 Å². The van der Waals surface area contributed by atoms with Crippen molar-refractivity contribution < 1.29 is 17.9 Å². The molecule has 1 aliphatic rings. The normalized spacial score (nSPS) is 21.5. The molecule has 2 aromatic carbocycles. The van der Waals surface area contributed by atoms with Gasteiger partial charge in [0.25, 0.3) is 0 Å². The maximum atomic E-state index is 13.2. The van der Waals surface area contributed by atoms with Gasteiger partial charge in [-0.2, -0.15) is 4.31 Å². The van der Waals surface area contributed by atoms with Crippen LogP contribution in [0, 0.1) is 6.92 Å². The molecule has 0 aromatic heterocycles. The van der Waals surface area contributed by atoms with Gasteiger partial charge in [-0.15, -0.1) is 0 Å². The molecule has 0 aliphatic carbocycles. The summed E-state index contributed by atoms with van der Waals surface area (Å²) in [6.45, 7) is 4.45. The van der Waals surface area contributed by atoms with Gasteiger partial charge in [0.1, 0.15) is 5.75 Å². The van der Waals surface area contributed by atoms with Crippen LogP contribution in [0.4, 0.5) is 0 Å². The molecule has 0 amide bonds. The number of morpholine rings is 1. The standard InChI is InChI=1S/C19H22ClNO4S/c1-13-4-6-15(7-5-13)19-11-21(14(2)12-25-19)26(22,23)16-8-9-18(24-3)17(20)10-16/h4-10,14,19H,11-12H2,1-3H3. The molecule has 140 valence electrons. The largest absolute Gasteiger partial charge is 0.495 e. The fraction of sp³-hybridized carbons (Fsp3) is 0.368. The molecule has 1 fully saturated rings. The minimum atomic E-state index is -3.69. The molecule has 2 aromatic rings. The number of hydrogen-bond acceptors (Lipinski definition) is 4. The van der Waals surface area contributed by atoms with Crippen LogP contribution in [0.25, 0.3) is 0 Å². The van der Waals surface area contributed by atoms with E-state index in [4.69, 9.17) is 21.1 Å². The first-order chi connectivity index (χ1) is 12.3. The van der Waals surface area contributed by atoms with Gasteiger partial charge >= 0.3 is 0 Å². The van der Waals surface area contributed by atoms with Crippen molar-refractivity contribution >= 4 is 21.6 Å². The molecule has 0 spiro atoms. The van der Waals surface area contributed by atoms with Crippen LogP contribution in [0.2, 0.25) is 5.02 Å². The zero-order chi connectivity index (χ0) is 18.9. The van der Waals surface area contributed by atoms with Crippen LogP contribution < -0.4 is 4.74 Å². The van der Waals surface area contributed by atoms with Crippen molar-refractivity contribution in [1.82, 2.24) is 4.31 Å². The van der Waals surface area contributed by atoms with E-state index in [-0.39, 0.29) is 28.6 Å². The highest BCUT2D eigenvalue weighted by molar-refractivity contribution is 7.89. The molecule has 1 aliphatic heterocycles. The van der Waals surface area contributed by atoms with E-state index < -0.39 is 10.0 Å². The topological polar surface area (TPSA) is 55.8 Å². The Kier molecular flexibility index (Phi) is 5.58. The van der Waals surface area contributed by atoms with E-state index >= 15 is 0 Å². The maximum Gasteiger partial charge on any atom is 0.243 e. The molecule has 0 bridgehead atoms. The predicted octanol–water partition coefficient (Wildman–Crippen LogP) is 3.81. The zero-order valence-corrected chi connectivity index (χ0v) is 16.5. The minimum Gasteiger partial charge on any atom is -0.495 e. The monoisotopic (exact) mass is 395 g/mol. The van der Waals surface area contributed by atoms with E-state index in [0.717, 1.165) is 11.1 Å². The summed E-state index contributed by atoms with van der Waals surface area (Å²) in [6.07, 6.45) is -0.296. The molecule has 2 atom stereocenters. The molecule has 0 N–H and O–H groups in total. The molecule has 0 radical (unpaired) electrons. The van der Waals surface area contributed by atoms with Crippen molar-refractivity contribution in [3.05, 3.63) is 58.6 Å². The number of hydrogen-bond donors (Lipinski definition) is 0. The number of benzene rings is 2. The first kappa shape index (κ1) is 19.2. The van der Waals surface area contributed by atoms with E-state index in [2.05, 4.69) is 0 Å². The quantitative estimate of drug-likeness (QED) is 0.789. The number of aryl methyl sites for hydroxylation is 1. The summed E-state index contributed by atoms with van der Waals surface area (Å²) in [6, 6.07) is 12.2. The second-order valence-electron chi connectivity index (χ2n) is 6.45. The van der Waals surface area contributed by atoms with Gasteiger partial charge < -0.3 is 9.47 Å². The molecule has 3 rings (SSSR count). The molecular formula is C19H22ClNO4S. The Morgan fingerprint density at radius 1 is 1.19 bits per heavy atom. The van der Waals surface area contributed by atoms with Gasteiger partial charge in [-0.1, -0.05) is 41.4 Å². The molecule has 1 heterocycles. The average Bonchev–Trinajstić information content (AvgIpc) is 2.62. The average molecular weight is 396 g/mol. The van der Waals surface area contributed by atoms with Crippen LogP contribution in [0.15, 0.2) is 47.4 Å². The Bertz CT molecular complexity index is 883.